The molecule has 0 bridgehead atoms. The van der Waals surface area contributed by atoms with Crippen LogP contribution < -0.4 is 5.73 Å². The normalized spacial score (nSPS) is 16.0. The second-order valence-electron chi connectivity index (χ2n) is 6.32. The monoisotopic (exact) mass is 294 g/mol. The van der Waals surface area contributed by atoms with Crippen LogP contribution in [0.2, 0.25) is 0 Å². The Hall–Kier alpha value is -0.930. The van der Waals surface area contributed by atoms with Gasteiger partial charge in [0.1, 0.15) is 5.82 Å². The molecule has 0 spiro atoms. The van der Waals surface area contributed by atoms with Crippen molar-refractivity contribution in [1.82, 2.24) is 4.90 Å². The van der Waals surface area contributed by atoms with Gasteiger partial charge in [0.15, 0.2) is 0 Å². The van der Waals surface area contributed by atoms with Gasteiger partial charge in [0.2, 0.25) is 0 Å². The molecule has 0 saturated heterocycles. The van der Waals surface area contributed by atoms with Gasteiger partial charge in [-0.3, -0.25) is 4.90 Å². The van der Waals surface area contributed by atoms with Crippen molar-refractivity contribution in [3.8, 4) is 0 Å². The first kappa shape index (κ1) is 18.1. The molecule has 0 aliphatic rings. The van der Waals surface area contributed by atoms with Crippen molar-refractivity contribution < 1.29 is 4.39 Å². The number of unbranched alkanes of at least 4 members (excludes halogenated alkanes) is 3. The van der Waals surface area contributed by atoms with Crippen molar-refractivity contribution in [3.63, 3.8) is 0 Å². The molecule has 0 amide bonds. The maximum Gasteiger partial charge on any atom is 0.127 e. The third-order valence-electron chi connectivity index (χ3n) is 4.80. The molecule has 0 saturated carbocycles. The van der Waals surface area contributed by atoms with Crippen LogP contribution in [0.25, 0.3) is 0 Å². The highest BCUT2D eigenvalue weighted by atomic mass is 19.1. The number of nitrogens with zero attached hydrogens (tertiary/aromatic N) is 1. The number of halogens is 1. The molecule has 21 heavy (non-hydrogen) atoms. The Morgan fingerprint density at radius 1 is 1.24 bits per heavy atom. The minimum absolute atomic E-state index is 0.0194. The highest BCUT2D eigenvalue weighted by Crippen LogP contribution is 2.30. The summed E-state index contributed by atoms with van der Waals surface area (Å²) in [5.74, 6) is -0.137. The van der Waals surface area contributed by atoms with Gasteiger partial charge in [0, 0.05) is 23.7 Å². The van der Waals surface area contributed by atoms with E-state index in [4.69, 9.17) is 5.73 Å². The number of benzene rings is 1. The minimum atomic E-state index is -0.137. The first-order chi connectivity index (χ1) is 9.96. The molecule has 120 valence electrons. The van der Waals surface area contributed by atoms with Crippen LogP contribution in [0.3, 0.4) is 0 Å². The van der Waals surface area contributed by atoms with Gasteiger partial charge in [-0.05, 0) is 33.4 Å². The van der Waals surface area contributed by atoms with E-state index in [1.54, 1.807) is 6.07 Å². The van der Waals surface area contributed by atoms with Crippen LogP contribution in [0.5, 0.6) is 0 Å². The van der Waals surface area contributed by atoms with E-state index in [0.717, 1.165) is 12.0 Å². The third-order valence-corrected chi connectivity index (χ3v) is 4.80. The summed E-state index contributed by atoms with van der Waals surface area (Å²) in [4.78, 5) is 2.23. The smallest absolute Gasteiger partial charge is 0.127 e. The molecular formula is C18H31FN2. The van der Waals surface area contributed by atoms with Crippen molar-refractivity contribution in [1.29, 1.82) is 0 Å². The molecule has 2 N–H and O–H groups in total. The van der Waals surface area contributed by atoms with Crippen LogP contribution in [0, 0.1) is 5.82 Å². The summed E-state index contributed by atoms with van der Waals surface area (Å²) in [7, 11) is 2.06. The standard InChI is InChI=1S/C18H31FN2/c1-5-6-7-10-13-18(3,14-20)21(4)15(2)16-11-8-9-12-17(16)19/h8-9,11-12,15H,5-7,10,13-14,20H2,1-4H3. The molecule has 0 aliphatic carbocycles. The molecule has 2 nitrogen and oxygen atoms in total. The lowest BCUT2D eigenvalue weighted by molar-refractivity contribution is 0.0874. The largest absolute Gasteiger partial charge is 0.329 e. The van der Waals surface area contributed by atoms with E-state index in [-0.39, 0.29) is 17.4 Å². The Balaban J connectivity index is 2.77. The maximum absolute atomic E-state index is 14.0. The summed E-state index contributed by atoms with van der Waals surface area (Å²) in [6, 6.07) is 7.04. The van der Waals surface area contributed by atoms with Crippen LogP contribution in [-0.2, 0) is 0 Å². The van der Waals surface area contributed by atoms with Crippen molar-refractivity contribution in [2.45, 2.75) is 64.5 Å². The van der Waals surface area contributed by atoms with Gasteiger partial charge in [-0.15, -0.1) is 0 Å². The Bertz CT molecular complexity index is 421. The van der Waals surface area contributed by atoms with Crippen LogP contribution in [0.1, 0.15) is 64.5 Å². The van der Waals surface area contributed by atoms with Gasteiger partial charge in [-0.1, -0.05) is 50.8 Å². The summed E-state index contributed by atoms with van der Waals surface area (Å²) in [6.07, 6.45) is 5.98. The molecule has 3 heteroatoms. The van der Waals surface area contributed by atoms with Crippen molar-refractivity contribution in [3.05, 3.63) is 35.6 Å². The Kier molecular flexibility index (Phi) is 7.33. The molecule has 2 unspecified atom stereocenters. The zero-order chi connectivity index (χ0) is 15.9. The fourth-order valence-electron chi connectivity index (χ4n) is 2.85. The molecule has 1 aromatic rings. The quantitative estimate of drug-likeness (QED) is 0.679. The van der Waals surface area contributed by atoms with E-state index in [2.05, 4.69) is 32.7 Å². The van der Waals surface area contributed by atoms with Gasteiger partial charge < -0.3 is 5.73 Å². The van der Waals surface area contributed by atoms with Gasteiger partial charge in [0.05, 0.1) is 0 Å². The fraction of sp³-hybridized carbons (Fsp3) is 0.667. The van der Waals surface area contributed by atoms with E-state index in [9.17, 15) is 4.39 Å². The molecule has 0 aliphatic heterocycles. The number of hydrogen-bond acceptors (Lipinski definition) is 2. The summed E-state index contributed by atoms with van der Waals surface area (Å²) < 4.78 is 14.0. The predicted octanol–water partition coefficient (Wildman–Crippen LogP) is 4.51. The lowest BCUT2D eigenvalue weighted by atomic mass is 9.90. The maximum atomic E-state index is 14.0. The van der Waals surface area contributed by atoms with E-state index in [0.29, 0.717) is 6.54 Å². The molecule has 0 heterocycles. The van der Waals surface area contributed by atoms with E-state index in [1.807, 2.05) is 12.1 Å². The lowest BCUT2D eigenvalue weighted by Gasteiger charge is -2.42. The van der Waals surface area contributed by atoms with Crippen LogP contribution >= 0.6 is 0 Å². The topological polar surface area (TPSA) is 29.3 Å². The third kappa shape index (κ3) is 4.79. The van der Waals surface area contributed by atoms with Gasteiger partial charge in [-0.2, -0.15) is 0 Å². The molecule has 2 atom stereocenters. The Labute approximate surface area is 129 Å². The van der Waals surface area contributed by atoms with Crippen molar-refractivity contribution in [2.75, 3.05) is 13.6 Å². The molecule has 1 rings (SSSR count). The zero-order valence-corrected chi connectivity index (χ0v) is 14.0. The average molecular weight is 294 g/mol. The van der Waals surface area contributed by atoms with E-state index in [1.165, 1.54) is 31.7 Å². The number of likely N-dealkylation sites (N-methyl/N-ethyl adjacent to an activating group) is 1. The Morgan fingerprint density at radius 2 is 1.90 bits per heavy atom. The van der Waals surface area contributed by atoms with Gasteiger partial charge in [0.25, 0.3) is 0 Å². The minimum Gasteiger partial charge on any atom is -0.329 e. The fourth-order valence-corrected chi connectivity index (χ4v) is 2.85. The van der Waals surface area contributed by atoms with Gasteiger partial charge >= 0.3 is 0 Å². The lowest BCUT2D eigenvalue weighted by Crippen LogP contribution is -2.50. The summed E-state index contributed by atoms with van der Waals surface area (Å²) in [6.45, 7) is 7.05. The molecule has 0 radical (unpaired) electrons. The first-order valence-corrected chi connectivity index (χ1v) is 8.13. The van der Waals surface area contributed by atoms with Crippen molar-refractivity contribution >= 4 is 0 Å². The second kappa shape index (κ2) is 8.50. The van der Waals surface area contributed by atoms with Crippen LogP contribution in [0.4, 0.5) is 4.39 Å². The SMILES string of the molecule is CCCCCCC(C)(CN)N(C)C(C)c1ccccc1F. The number of hydrogen-bond donors (Lipinski definition) is 1. The molecule has 0 fully saturated rings. The Morgan fingerprint density at radius 3 is 2.48 bits per heavy atom. The first-order valence-electron chi connectivity index (χ1n) is 8.13. The zero-order valence-electron chi connectivity index (χ0n) is 14.0. The van der Waals surface area contributed by atoms with Gasteiger partial charge in [-0.25, -0.2) is 4.39 Å². The molecule has 0 aromatic heterocycles. The summed E-state index contributed by atoms with van der Waals surface area (Å²) >= 11 is 0. The van der Waals surface area contributed by atoms with E-state index < -0.39 is 0 Å². The van der Waals surface area contributed by atoms with E-state index >= 15 is 0 Å². The average Bonchev–Trinajstić information content (AvgIpc) is 2.50. The second-order valence-corrected chi connectivity index (χ2v) is 6.32. The van der Waals surface area contributed by atoms with Crippen LogP contribution in [-0.4, -0.2) is 24.0 Å². The highest BCUT2D eigenvalue weighted by Gasteiger charge is 2.31. The summed E-state index contributed by atoms with van der Waals surface area (Å²) in [5.41, 5.74) is 6.70. The van der Waals surface area contributed by atoms with Crippen molar-refractivity contribution in [2.24, 2.45) is 5.73 Å². The highest BCUT2D eigenvalue weighted by molar-refractivity contribution is 5.21. The summed E-state index contributed by atoms with van der Waals surface area (Å²) in [5, 5.41) is 0. The molecular weight excluding hydrogens is 263 g/mol. The predicted molar refractivity (Wildman–Crippen MR) is 88.8 cm³/mol. The number of nitrogens with two attached hydrogens (primary N) is 1. The van der Waals surface area contributed by atoms with Crippen LogP contribution in [0.15, 0.2) is 24.3 Å². The molecule has 1 aromatic carbocycles. The number of rotatable bonds is 9.